The topological polar surface area (TPSA) is 56.1 Å². The van der Waals surface area contributed by atoms with Crippen LogP contribution >= 0.6 is 0 Å². The van der Waals surface area contributed by atoms with Gasteiger partial charge < -0.3 is 4.57 Å². The van der Waals surface area contributed by atoms with E-state index >= 15 is 0 Å². The molecule has 0 radical (unpaired) electrons. The van der Waals surface area contributed by atoms with Crippen molar-refractivity contribution >= 4 is 17.3 Å². The van der Waals surface area contributed by atoms with Gasteiger partial charge in [0, 0.05) is 22.4 Å². The summed E-state index contributed by atoms with van der Waals surface area (Å²) in [5.41, 5.74) is 2.78. The van der Waals surface area contributed by atoms with Crippen LogP contribution < -0.4 is 0 Å². The Kier molecular flexibility index (Phi) is 5.04. The smallest absolute Gasteiger partial charge is 0.211 e. The highest BCUT2D eigenvalue weighted by molar-refractivity contribution is 6.33. The maximum atomic E-state index is 14.0. The van der Waals surface area contributed by atoms with Gasteiger partial charge in [-0.15, -0.1) is 0 Å². The van der Waals surface area contributed by atoms with Gasteiger partial charge in [-0.2, -0.15) is 0 Å². The molecule has 1 heterocycles. The maximum Gasteiger partial charge on any atom is 0.211 e. The molecule has 0 bridgehead atoms. The quantitative estimate of drug-likeness (QED) is 0.284. The van der Waals surface area contributed by atoms with Gasteiger partial charge >= 0.3 is 0 Å². The van der Waals surface area contributed by atoms with Crippen LogP contribution in [0.15, 0.2) is 109 Å². The molecule has 4 aromatic carbocycles. The standard InChI is InChI=1S/C31H18FNO3/c32-21-15-17-22(18-16-21)33-27(19-9-3-1-4-10-19)25(29(34)20-11-5-2-6-12-20)26-28(33)31(36)24-14-8-7-13-23(24)30(26)35/h1-18H. The van der Waals surface area contributed by atoms with Crippen LogP contribution in [0.4, 0.5) is 4.39 Å². The zero-order valence-electron chi connectivity index (χ0n) is 18.9. The predicted octanol–water partition coefficient (Wildman–Crippen LogP) is 6.29. The summed E-state index contributed by atoms with van der Waals surface area (Å²) in [4.78, 5) is 41.9. The molecule has 1 aliphatic rings. The Morgan fingerprint density at radius 3 is 1.81 bits per heavy atom. The number of halogens is 1. The highest BCUT2D eigenvalue weighted by Gasteiger charge is 2.40. The first-order valence-corrected chi connectivity index (χ1v) is 11.4. The number of benzene rings is 4. The minimum atomic E-state index is -0.436. The fourth-order valence-corrected chi connectivity index (χ4v) is 4.82. The van der Waals surface area contributed by atoms with E-state index < -0.39 is 11.6 Å². The molecule has 0 amide bonds. The molecular formula is C31H18FNO3. The van der Waals surface area contributed by atoms with E-state index in [1.165, 1.54) is 24.3 Å². The number of rotatable bonds is 4. The normalized spacial score (nSPS) is 12.2. The molecule has 172 valence electrons. The number of fused-ring (bicyclic) bond motifs is 2. The monoisotopic (exact) mass is 471 g/mol. The fourth-order valence-electron chi connectivity index (χ4n) is 4.82. The molecule has 0 aliphatic heterocycles. The molecule has 1 aromatic heterocycles. The molecule has 4 nitrogen and oxygen atoms in total. The summed E-state index contributed by atoms with van der Waals surface area (Å²) in [6, 6.07) is 30.1. The van der Waals surface area contributed by atoms with Crippen LogP contribution in [0, 0.1) is 5.82 Å². The molecule has 0 saturated heterocycles. The first-order chi connectivity index (χ1) is 17.6. The van der Waals surface area contributed by atoms with Crippen LogP contribution in [0.1, 0.15) is 47.9 Å². The lowest BCUT2D eigenvalue weighted by Crippen LogP contribution is -2.23. The molecule has 5 aromatic rings. The van der Waals surface area contributed by atoms with Crippen LogP contribution in [-0.4, -0.2) is 21.9 Å². The molecular weight excluding hydrogens is 453 g/mol. The van der Waals surface area contributed by atoms with E-state index in [-0.39, 0.29) is 39.5 Å². The van der Waals surface area contributed by atoms with Gasteiger partial charge in [0.15, 0.2) is 11.6 Å². The van der Waals surface area contributed by atoms with Gasteiger partial charge in [0.1, 0.15) is 11.5 Å². The lowest BCUT2D eigenvalue weighted by atomic mass is 9.84. The average Bonchev–Trinajstić information content (AvgIpc) is 3.29. The average molecular weight is 471 g/mol. The van der Waals surface area contributed by atoms with E-state index in [4.69, 9.17) is 0 Å². The Labute approximate surface area is 206 Å². The zero-order chi connectivity index (χ0) is 24.8. The number of carbonyl (C=O) groups is 3. The molecule has 36 heavy (non-hydrogen) atoms. The van der Waals surface area contributed by atoms with E-state index in [1.807, 2.05) is 30.3 Å². The predicted molar refractivity (Wildman–Crippen MR) is 134 cm³/mol. The van der Waals surface area contributed by atoms with Gasteiger partial charge in [0.25, 0.3) is 0 Å². The molecule has 0 atom stereocenters. The fraction of sp³-hybridized carbons (Fsp3) is 0. The molecule has 1 aliphatic carbocycles. The molecule has 0 saturated carbocycles. The minimum Gasteiger partial charge on any atom is -0.305 e. The van der Waals surface area contributed by atoms with Crippen molar-refractivity contribution in [1.29, 1.82) is 0 Å². The van der Waals surface area contributed by atoms with E-state index in [0.717, 1.165) is 0 Å². The van der Waals surface area contributed by atoms with Gasteiger partial charge in [0.05, 0.1) is 16.8 Å². The summed E-state index contributed by atoms with van der Waals surface area (Å²) in [5, 5.41) is 0. The van der Waals surface area contributed by atoms with Crippen molar-refractivity contribution in [1.82, 2.24) is 4.57 Å². The molecule has 0 N–H and O–H groups in total. The first-order valence-electron chi connectivity index (χ1n) is 11.4. The van der Waals surface area contributed by atoms with E-state index in [0.29, 0.717) is 22.5 Å². The molecule has 0 unspecified atom stereocenters. The lowest BCUT2D eigenvalue weighted by molar-refractivity contribution is 0.0970. The summed E-state index contributed by atoms with van der Waals surface area (Å²) in [5.74, 6) is -1.56. The molecule has 0 fully saturated rings. The van der Waals surface area contributed by atoms with Gasteiger partial charge in [-0.25, -0.2) is 4.39 Å². The number of nitrogens with zero attached hydrogens (tertiary/aromatic N) is 1. The van der Waals surface area contributed by atoms with Crippen molar-refractivity contribution in [2.24, 2.45) is 0 Å². The summed E-state index contributed by atoms with van der Waals surface area (Å²) in [6.07, 6.45) is 0. The SMILES string of the molecule is O=C1c2ccccc2C(=O)c2c1c(C(=O)c1ccccc1)c(-c1ccccc1)n2-c1ccc(F)cc1. The number of hydrogen-bond donors (Lipinski definition) is 0. The van der Waals surface area contributed by atoms with Gasteiger partial charge in [0.2, 0.25) is 5.78 Å². The van der Waals surface area contributed by atoms with Crippen molar-refractivity contribution in [2.75, 3.05) is 0 Å². The Morgan fingerprint density at radius 2 is 1.17 bits per heavy atom. The maximum absolute atomic E-state index is 14.0. The molecule has 6 rings (SSSR count). The Hall–Kier alpha value is -4.90. The highest BCUT2D eigenvalue weighted by atomic mass is 19.1. The molecule has 0 spiro atoms. The van der Waals surface area contributed by atoms with Gasteiger partial charge in [-0.05, 0) is 29.8 Å². The Morgan fingerprint density at radius 1 is 0.611 bits per heavy atom. The van der Waals surface area contributed by atoms with Crippen LogP contribution in [-0.2, 0) is 0 Å². The van der Waals surface area contributed by atoms with Crippen molar-refractivity contribution in [3.8, 4) is 16.9 Å². The summed E-state index contributed by atoms with van der Waals surface area (Å²) < 4.78 is 15.5. The molecule has 5 heteroatoms. The Bertz CT molecular complexity index is 1670. The van der Waals surface area contributed by atoms with Crippen molar-refractivity contribution in [3.05, 3.63) is 149 Å². The van der Waals surface area contributed by atoms with Crippen molar-refractivity contribution < 1.29 is 18.8 Å². The van der Waals surface area contributed by atoms with Crippen LogP contribution in [0.25, 0.3) is 16.9 Å². The number of hydrogen-bond acceptors (Lipinski definition) is 3. The summed E-state index contributed by atoms with van der Waals surface area (Å²) in [6.45, 7) is 0. The van der Waals surface area contributed by atoms with Gasteiger partial charge in [-0.3, -0.25) is 14.4 Å². The third-order valence-electron chi connectivity index (χ3n) is 6.42. The highest BCUT2D eigenvalue weighted by Crippen LogP contribution is 2.41. The largest absolute Gasteiger partial charge is 0.305 e. The second-order valence-electron chi connectivity index (χ2n) is 8.52. The van der Waals surface area contributed by atoms with Crippen LogP contribution in [0.5, 0.6) is 0 Å². The number of carbonyl (C=O) groups excluding carboxylic acids is 3. The first kappa shape index (κ1) is 21.6. The summed E-state index contributed by atoms with van der Waals surface area (Å²) in [7, 11) is 0. The van der Waals surface area contributed by atoms with Crippen molar-refractivity contribution in [2.45, 2.75) is 0 Å². The van der Waals surface area contributed by atoms with E-state index in [2.05, 4.69) is 0 Å². The van der Waals surface area contributed by atoms with Gasteiger partial charge in [-0.1, -0.05) is 84.9 Å². The second-order valence-corrected chi connectivity index (χ2v) is 8.52. The van der Waals surface area contributed by atoms with E-state index in [9.17, 15) is 18.8 Å². The third kappa shape index (κ3) is 3.25. The minimum absolute atomic E-state index is 0.0655. The number of aromatic nitrogens is 1. The van der Waals surface area contributed by atoms with Crippen LogP contribution in [0.2, 0.25) is 0 Å². The summed E-state index contributed by atoms with van der Waals surface area (Å²) >= 11 is 0. The third-order valence-corrected chi connectivity index (χ3v) is 6.42. The lowest BCUT2D eigenvalue weighted by Gasteiger charge is -2.18. The number of ketones is 3. The van der Waals surface area contributed by atoms with Crippen LogP contribution in [0.3, 0.4) is 0 Å². The Balaban J connectivity index is 1.78. The zero-order valence-corrected chi connectivity index (χ0v) is 18.9. The van der Waals surface area contributed by atoms with Crippen molar-refractivity contribution in [3.63, 3.8) is 0 Å². The second kappa shape index (κ2) is 8.40. The van der Waals surface area contributed by atoms with E-state index in [1.54, 1.807) is 59.2 Å².